The van der Waals surface area contributed by atoms with Gasteiger partial charge >= 0.3 is 5.97 Å². The highest BCUT2D eigenvalue weighted by Gasteiger charge is 2.12. The molecule has 0 spiro atoms. The van der Waals surface area contributed by atoms with Crippen molar-refractivity contribution < 1.29 is 9.53 Å². The zero-order valence-electron chi connectivity index (χ0n) is 9.92. The normalized spacial score (nSPS) is 9.76. The Kier molecular flexibility index (Phi) is 5.17. The van der Waals surface area contributed by atoms with Gasteiger partial charge in [0.2, 0.25) is 0 Å². The van der Waals surface area contributed by atoms with E-state index in [0.29, 0.717) is 17.5 Å². The number of aryl methyl sites for hydroxylation is 1. The summed E-state index contributed by atoms with van der Waals surface area (Å²) in [5, 5.41) is 9.61. The second-order valence-corrected chi connectivity index (χ2v) is 4.24. The molecule has 0 heterocycles. The Labute approximate surface area is 110 Å². The monoisotopic (exact) mass is 295 g/mol. The van der Waals surface area contributed by atoms with Gasteiger partial charge < -0.3 is 4.74 Å². The third kappa shape index (κ3) is 3.57. The molecule has 0 radical (unpaired) electrons. The van der Waals surface area contributed by atoms with Crippen molar-refractivity contribution in [1.29, 1.82) is 5.26 Å². The van der Waals surface area contributed by atoms with E-state index in [1.165, 1.54) is 0 Å². The number of hydrogen-bond donors (Lipinski definition) is 0. The van der Waals surface area contributed by atoms with Crippen molar-refractivity contribution in [2.24, 2.45) is 0 Å². The second-order valence-electron chi connectivity index (χ2n) is 3.68. The molecule has 1 aromatic rings. The molecule has 0 N–H and O–H groups in total. The first kappa shape index (κ1) is 13.7. The molecule has 0 fully saturated rings. The number of nitriles is 1. The summed E-state index contributed by atoms with van der Waals surface area (Å²) in [6.07, 6.45) is 0.213. The van der Waals surface area contributed by atoms with Crippen molar-refractivity contribution in [3.05, 3.63) is 34.4 Å². The summed E-state index contributed by atoms with van der Waals surface area (Å²) in [6.45, 7) is 4.06. The summed E-state index contributed by atoms with van der Waals surface area (Å²) in [5.74, 6) is -0.260. The average Bonchev–Trinajstić information content (AvgIpc) is 2.28. The van der Waals surface area contributed by atoms with Gasteiger partial charge in [-0.25, -0.2) is 0 Å². The first-order chi connectivity index (χ1) is 8.12. The number of alkyl halides is 1. The van der Waals surface area contributed by atoms with Crippen LogP contribution in [0.5, 0.6) is 0 Å². The third-order valence-corrected chi connectivity index (χ3v) is 2.94. The molecule has 0 saturated carbocycles. The van der Waals surface area contributed by atoms with Crippen LogP contribution < -0.4 is 0 Å². The molecule has 1 aromatic carbocycles. The van der Waals surface area contributed by atoms with Crippen LogP contribution in [0.2, 0.25) is 0 Å². The minimum Gasteiger partial charge on any atom is -0.466 e. The standard InChI is InChI=1S/C13H14BrNO2/c1-3-17-13(16)6-10-4-9(2)5-11(8-15)12(10)7-14/h4-5H,3,6-7H2,1-2H3. The molecule has 0 aromatic heterocycles. The quantitative estimate of drug-likeness (QED) is 0.634. The number of benzene rings is 1. The highest BCUT2D eigenvalue weighted by Crippen LogP contribution is 2.21. The molecule has 0 aliphatic rings. The molecule has 90 valence electrons. The fourth-order valence-electron chi connectivity index (χ4n) is 1.67. The van der Waals surface area contributed by atoms with Gasteiger partial charge in [0.15, 0.2) is 0 Å². The predicted molar refractivity (Wildman–Crippen MR) is 68.9 cm³/mol. The number of ether oxygens (including phenoxy) is 1. The highest BCUT2D eigenvalue weighted by molar-refractivity contribution is 9.08. The largest absolute Gasteiger partial charge is 0.466 e. The van der Waals surface area contributed by atoms with Gasteiger partial charge in [0.05, 0.1) is 24.7 Å². The van der Waals surface area contributed by atoms with Gasteiger partial charge in [-0.3, -0.25) is 4.79 Å². The van der Waals surface area contributed by atoms with Crippen molar-refractivity contribution in [2.75, 3.05) is 6.61 Å². The van der Waals surface area contributed by atoms with Gasteiger partial charge in [-0.1, -0.05) is 22.0 Å². The first-order valence-corrected chi connectivity index (χ1v) is 6.48. The third-order valence-electron chi connectivity index (χ3n) is 2.38. The van der Waals surface area contributed by atoms with Gasteiger partial charge in [0, 0.05) is 5.33 Å². The topological polar surface area (TPSA) is 50.1 Å². The molecule has 4 heteroatoms. The minimum absolute atomic E-state index is 0.213. The Hall–Kier alpha value is -1.34. The zero-order chi connectivity index (χ0) is 12.8. The SMILES string of the molecule is CCOC(=O)Cc1cc(C)cc(C#N)c1CBr. The summed E-state index contributed by atoms with van der Waals surface area (Å²) in [7, 11) is 0. The van der Waals surface area contributed by atoms with Crippen molar-refractivity contribution in [3.63, 3.8) is 0 Å². The number of rotatable bonds is 4. The van der Waals surface area contributed by atoms with Crippen LogP contribution in [-0.4, -0.2) is 12.6 Å². The van der Waals surface area contributed by atoms with Crippen molar-refractivity contribution in [2.45, 2.75) is 25.6 Å². The van der Waals surface area contributed by atoms with E-state index in [4.69, 9.17) is 10.00 Å². The molecule has 3 nitrogen and oxygen atoms in total. The molecule has 0 aliphatic carbocycles. The summed E-state index contributed by atoms with van der Waals surface area (Å²) < 4.78 is 4.92. The first-order valence-electron chi connectivity index (χ1n) is 5.36. The fraction of sp³-hybridized carbons (Fsp3) is 0.385. The van der Waals surface area contributed by atoms with Crippen LogP contribution in [0.4, 0.5) is 0 Å². The number of halogens is 1. The average molecular weight is 296 g/mol. The fourth-order valence-corrected chi connectivity index (χ4v) is 2.34. The van der Waals surface area contributed by atoms with E-state index in [2.05, 4.69) is 22.0 Å². The van der Waals surface area contributed by atoms with Gasteiger partial charge in [-0.15, -0.1) is 0 Å². The zero-order valence-corrected chi connectivity index (χ0v) is 11.5. The molecule has 0 aliphatic heterocycles. The molecule has 0 amide bonds. The van der Waals surface area contributed by atoms with E-state index in [9.17, 15) is 4.79 Å². The number of esters is 1. The van der Waals surface area contributed by atoms with Crippen LogP contribution in [0.15, 0.2) is 12.1 Å². The van der Waals surface area contributed by atoms with Crippen molar-refractivity contribution >= 4 is 21.9 Å². The lowest BCUT2D eigenvalue weighted by Crippen LogP contribution is -2.10. The molecule has 0 saturated heterocycles. The van der Waals surface area contributed by atoms with Crippen molar-refractivity contribution in [3.8, 4) is 6.07 Å². The Balaban J connectivity index is 3.10. The van der Waals surface area contributed by atoms with Gasteiger partial charge in [-0.2, -0.15) is 5.26 Å². The highest BCUT2D eigenvalue weighted by atomic mass is 79.9. The van der Waals surface area contributed by atoms with E-state index in [0.717, 1.165) is 16.7 Å². The second kappa shape index (κ2) is 6.41. The Morgan fingerprint density at radius 1 is 1.53 bits per heavy atom. The minimum atomic E-state index is -0.260. The summed E-state index contributed by atoms with van der Waals surface area (Å²) in [5.41, 5.74) is 3.31. The van der Waals surface area contributed by atoms with Crippen LogP contribution in [0.3, 0.4) is 0 Å². The maximum Gasteiger partial charge on any atom is 0.310 e. The van der Waals surface area contributed by atoms with Crippen LogP contribution >= 0.6 is 15.9 Å². The molecular weight excluding hydrogens is 282 g/mol. The molecule has 0 bridgehead atoms. The molecule has 0 atom stereocenters. The molecule has 17 heavy (non-hydrogen) atoms. The molecule has 1 rings (SSSR count). The summed E-state index contributed by atoms with van der Waals surface area (Å²) >= 11 is 3.35. The van der Waals surface area contributed by atoms with E-state index in [1.54, 1.807) is 6.92 Å². The van der Waals surface area contributed by atoms with Crippen LogP contribution in [-0.2, 0) is 21.3 Å². The van der Waals surface area contributed by atoms with E-state index in [1.807, 2.05) is 19.1 Å². The maximum atomic E-state index is 11.5. The predicted octanol–water partition coefficient (Wildman–Crippen LogP) is 2.87. The summed E-state index contributed by atoms with van der Waals surface area (Å²) in [4.78, 5) is 11.5. The number of hydrogen-bond acceptors (Lipinski definition) is 3. The number of nitrogens with zero attached hydrogens (tertiary/aromatic N) is 1. The van der Waals surface area contributed by atoms with E-state index in [-0.39, 0.29) is 12.4 Å². The van der Waals surface area contributed by atoms with Gasteiger partial charge in [0.25, 0.3) is 0 Å². The van der Waals surface area contributed by atoms with Crippen LogP contribution in [0.25, 0.3) is 0 Å². The smallest absolute Gasteiger partial charge is 0.310 e. The lowest BCUT2D eigenvalue weighted by Gasteiger charge is -2.10. The van der Waals surface area contributed by atoms with E-state index < -0.39 is 0 Å². The Morgan fingerprint density at radius 3 is 2.76 bits per heavy atom. The lowest BCUT2D eigenvalue weighted by atomic mass is 9.98. The molecule has 0 unspecified atom stereocenters. The number of carbonyl (C=O) groups excluding carboxylic acids is 1. The van der Waals surface area contributed by atoms with Gasteiger partial charge in [-0.05, 0) is 36.6 Å². The lowest BCUT2D eigenvalue weighted by molar-refractivity contribution is -0.142. The van der Waals surface area contributed by atoms with Crippen LogP contribution in [0, 0.1) is 18.3 Å². The van der Waals surface area contributed by atoms with Gasteiger partial charge in [0.1, 0.15) is 0 Å². The van der Waals surface area contributed by atoms with Crippen molar-refractivity contribution in [1.82, 2.24) is 0 Å². The van der Waals surface area contributed by atoms with Crippen LogP contribution in [0.1, 0.15) is 29.2 Å². The maximum absolute atomic E-state index is 11.5. The summed E-state index contributed by atoms with van der Waals surface area (Å²) in [6, 6.07) is 5.90. The Morgan fingerprint density at radius 2 is 2.24 bits per heavy atom. The molecular formula is C13H14BrNO2. The van der Waals surface area contributed by atoms with E-state index >= 15 is 0 Å². The number of carbonyl (C=O) groups is 1. The Bertz CT molecular complexity index is 463.